The minimum Gasteiger partial charge on any atom is -0.537 e. The Morgan fingerprint density at radius 3 is 1.44 bits per heavy atom. The average Bonchev–Trinajstić information content (AvgIpc) is 3.71. The van der Waals surface area contributed by atoms with Gasteiger partial charge in [-0.05, 0) is 173 Å². The Morgan fingerprint density at radius 2 is 0.953 bits per heavy atom. The summed E-state index contributed by atoms with van der Waals surface area (Å²) >= 11 is 3.62. The van der Waals surface area contributed by atoms with Crippen LogP contribution in [0.15, 0.2) is 223 Å². The third kappa shape index (κ3) is 17.3. The van der Waals surface area contributed by atoms with Gasteiger partial charge in [0, 0.05) is 62.9 Å². The number of halogens is 1. The number of nitrogens with zero attached hydrogens (tertiary/aromatic N) is 2. The van der Waals surface area contributed by atoms with E-state index in [-0.39, 0.29) is 29.9 Å². The smallest absolute Gasteiger partial charge is 0.537 e. The zero-order valence-corrected chi connectivity index (χ0v) is 51.5. The number of amides is 2. The van der Waals surface area contributed by atoms with Crippen LogP contribution in [-0.2, 0) is 22.6 Å². The van der Waals surface area contributed by atoms with Crippen molar-refractivity contribution in [2.75, 3.05) is 0 Å². The van der Waals surface area contributed by atoms with Crippen LogP contribution >= 0.6 is 15.9 Å². The molecule has 10 aromatic rings. The zero-order chi connectivity index (χ0) is 61.4. The number of hydrogen-bond acceptors (Lipinski definition) is 8. The van der Waals surface area contributed by atoms with Crippen LogP contribution in [0.3, 0.4) is 0 Å². The Kier molecular flexibility index (Phi) is 21.4. The van der Waals surface area contributed by atoms with E-state index in [9.17, 15) is 19.2 Å². The topological polar surface area (TPSA) is 150 Å². The summed E-state index contributed by atoms with van der Waals surface area (Å²) in [6.45, 7) is 16.6. The number of benzene rings is 8. The summed E-state index contributed by atoms with van der Waals surface area (Å²) in [5.41, 5.74) is 9.92. The molecule has 1 radical (unpaired) electrons. The molecule has 2 aromatic heterocycles. The minimum atomic E-state index is -0.555. The highest BCUT2D eigenvalue weighted by Gasteiger charge is 2.21. The van der Waals surface area contributed by atoms with E-state index in [2.05, 4.69) is 104 Å². The molecule has 12 nitrogen and oxygen atoms in total. The van der Waals surface area contributed by atoms with Crippen molar-refractivity contribution in [1.82, 2.24) is 19.8 Å². The number of hydrogen-bond donors (Lipinski definition) is 3. The SMILES string of the molecule is CC(C)(C)OC(=O)c1cccc(O[B]O)c1.CCC(NC(=O)c1ccc2c(ccn2Cc2ccccc2-c2cccc(C(=O)OC(C)(C)C)c2)c1)c1ccccc1.CCC(NC(=O)c1ccc2c(ccn2Cc2ccccc2Br)c1)c1ccccc1. The lowest BCUT2D eigenvalue weighted by molar-refractivity contribution is 0.00569. The second kappa shape index (κ2) is 29.2. The van der Waals surface area contributed by atoms with E-state index in [1.807, 2.05) is 154 Å². The molecule has 2 unspecified atom stereocenters. The van der Waals surface area contributed by atoms with Gasteiger partial charge >= 0.3 is 19.6 Å². The molecule has 0 saturated heterocycles. The van der Waals surface area contributed by atoms with Crippen LogP contribution in [0.2, 0.25) is 0 Å². The average molecular weight is 1210 g/mol. The van der Waals surface area contributed by atoms with E-state index < -0.39 is 17.2 Å². The van der Waals surface area contributed by atoms with Gasteiger partial charge in [0.2, 0.25) is 0 Å². The Labute approximate surface area is 513 Å². The lowest BCUT2D eigenvalue weighted by Gasteiger charge is -2.20. The van der Waals surface area contributed by atoms with Crippen LogP contribution in [0.4, 0.5) is 0 Å². The summed E-state index contributed by atoms with van der Waals surface area (Å²) in [4.78, 5) is 50.3. The highest BCUT2D eigenvalue weighted by molar-refractivity contribution is 9.10. The van der Waals surface area contributed by atoms with Crippen LogP contribution < -0.4 is 15.3 Å². The van der Waals surface area contributed by atoms with Gasteiger partial charge < -0.3 is 38.9 Å². The summed E-state index contributed by atoms with van der Waals surface area (Å²) in [6.07, 6.45) is 5.79. The van der Waals surface area contributed by atoms with Crippen molar-refractivity contribution in [2.24, 2.45) is 0 Å². The van der Waals surface area contributed by atoms with Crippen molar-refractivity contribution in [2.45, 2.75) is 105 Å². The monoisotopic (exact) mass is 1210 g/mol. The van der Waals surface area contributed by atoms with Crippen LogP contribution in [-0.4, -0.2) is 56.8 Å². The molecule has 0 spiro atoms. The van der Waals surface area contributed by atoms with Crippen LogP contribution in [0.25, 0.3) is 32.9 Å². The van der Waals surface area contributed by atoms with Crippen molar-refractivity contribution in [3.8, 4) is 16.9 Å². The van der Waals surface area contributed by atoms with E-state index in [0.717, 1.165) is 73.5 Å². The standard InChI is InChI=1S/C36H36N2O3.C25H23BrN2O.C11H14BO4/c1-5-32(25-12-7-6-8-13-25)37-34(39)28-18-19-33-27(23-28)20-21-38(33)24-30-14-9-10-17-31(30)26-15-11-16-29(22-26)35(40)41-36(2,3)4;1-2-23(18-8-4-3-5-9-18)27-25(29)20-12-13-24-19(16-20)14-15-28(24)17-21-10-6-7-11-22(21)26;1-11(2,3)15-10(13)8-5-4-6-9(7-8)16-12-14/h6-23,32H,5,24H2,1-4H3,(H,37,39);3-16,23H,2,17H2,1H3,(H,27,29);4-7,14H,1-3H3. The summed E-state index contributed by atoms with van der Waals surface area (Å²) in [5, 5.41) is 16.9. The molecule has 0 aliphatic heterocycles. The van der Waals surface area contributed by atoms with Gasteiger partial charge in [-0.1, -0.05) is 151 Å². The molecule has 3 N–H and O–H groups in total. The Morgan fingerprint density at radius 1 is 0.500 bits per heavy atom. The lowest BCUT2D eigenvalue weighted by Crippen LogP contribution is -2.28. The van der Waals surface area contributed by atoms with Crippen molar-refractivity contribution in [1.29, 1.82) is 0 Å². The predicted molar refractivity (Wildman–Crippen MR) is 347 cm³/mol. The van der Waals surface area contributed by atoms with Gasteiger partial charge in [0.15, 0.2) is 0 Å². The number of esters is 2. The van der Waals surface area contributed by atoms with Crippen LogP contribution in [0.1, 0.15) is 144 Å². The van der Waals surface area contributed by atoms with E-state index in [0.29, 0.717) is 42.2 Å². The van der Waals surface area contributed by atoms with Gasteiger partial charge in [-0.15, -0.1) is 0 Å². The first kappa shape index (κ1) is 63.1. The van der Waals surface area contributed by atoms with Crippen molar-refractivity contribution in [3.63, 3.8) is 0 Å². The molecule has 0 saturated carbocycles. The molecule has 0 bridgehead atoms. The third-order valence-corrected chi connectivity index (χ3v) is 14.8. The summed E-state index contributed by atoms with van der Waals surface area (Å²) < 4.78 is 21.0. The maximum Gasteiger partial charge on any atom is 0.569 e. The molecule has 10 rings (SSSR count). The molecule has 2 amide bonds. The fourth-order valence-corrected chi connectivity index (χ4v) is 10.2. The molecular weight excluding hydrogens is 1140 g/mol. The molecule has 8 aromatic carbocycles. The van der Waals surface area contributed by atoms with Gasteiger partial charge in [0.1, 0.15) is 17.0 Å². The van der Waals surface area contributed by atoms with E-state index in [1.54, 1.807) is 45.0 Å². The Hall–Kier alpha value is -8.98. The molecule has 0 fully saturated rings. The molecule has 0 aliphatic rings. The van der Waals surface area contributed by atoms with Gasteiger partial charge in [-0.25, -0.2) is 9.59 Å². The number of fused-ring (bicyclic) bond motifs is 2. The fraction of sp³-hybridized carbons (Fsp3) is 0.222. The maximum atomic E-state index is 13.1. The second-order valence-corrected chi connectivity index (χ2v) is 23.6. The molecule has 2 heterocycles. The molecule has 0 aliphatic carbocycles. The number of aromatic nitrogens is 2. The minimum absolute atomic E-state index is 0.0134. The second-order valence-electron chi connectivity index (χ2n) is 22.7. The van der Waals surface area contributed by atoms with E-state index in [4.69, 9.17) is 19.2 Å². The number of nitrogens with one attached hydrogen (secondary N) is 2. The summed E-state index contributed by atoms with van der Waals surface area (Å²) in [7, 11) is 0.564. The van der Waals surface area contributed by atoms with Crippen molar-refractivity contribution >= 4 is 69.2 Å². The Bertz CT molecular complexity index is 3920. The quantitative estimate of drug-likeness (QED) is 0.0602. The third-order valence-electron chi connectivity index (χ3n) is 14.0. The van der Waals surface area contributed by atoms with Gasteiger partial charge in [-0.3, -0.25) is 9.59 Å². The Balaban J connectivity index is 0.000000185. The van der Waals surface area contributed by atoms with E-state index in [1.165, 1.54) is 11.6 Å². The summed E-state index contributed by atoms with van der Waals surface area (Å²) in [5.74, 6) is -0.490. The first-order valence-corrected chi connectivity index (χ1v) is 29.6. The zero-order valence-electron chi connectivity index (χ0n) is 49.9. The molecule has 86 heavy (non-hydrogen) atoms. The first-order chi connectivity index (χ1) is 41.3. The molecule has 2 atom stereocenters. The number of ether oxygens (including phenoxy) is 2. The first-order valence-electron chi connectivity index (χ1n) is 28.8. The normalized spacial score (nSPS) is 11.9. The lowest BCUT2D eigenvalue weighted by atomic mass is 9.98. The fourth-order valence-electron chi connectivity index (χ4n) is 9.83. The molecule has 14 heteroatoms. The van der Waals surface area contributed by atoms with Gasteiger partial charge in [-0.2, -0.15) is 0 Å². The molecule has 439 valence electrons. The highest BCUT2D eigenvalue weighted by atomic mass is 79.9. The number of rotatable bonds is 17. The summed E-state index contributed by atoms with van der Waals surface area (Å²) in [6, 6.07) is 66.5. The van der Waals surface area contributed by atoms with E-state index >= 15 is 0 Å². The predicted octanol–water partition coefficient (Wildman–Crippen LogP) is 16.1. The van der Waals surface area contributed by atoms with Gasteiger partial charge in [0.05, 0.1) is 23.2 Å². The maximum absolute atomic E-state index is 13.1. The number of carbonyl (C=O) groups excluding carboxylic acids is 4. The van der Waals surface area contributed by atoms with Gasteiger partial charge in [0.25, 0.3) is 11.8 Å². The largest absolute Gasteiger partial charge is 0.569 e. The van der Waals surface area contributed by atoms with Crippen LogP contribution in [0.5, 0.6) is 5.75 Å². The van der Waals surface area contributed by atoms with Crippen molar-refractivity contribution in [3.05, 3.63) is 268 Å². The van der Waals surface area contributed by atoms with Crippen molar-refractivity contribution < 1.29 is 38.3 Å². The van der Waals surface area contributed by atoms with Crippen LogP contribution in [0, 0.1) is 0 Å². The highest BCUT2D eigenvalue weighted by Crippen LogP contribution is 2.30. The molecular formula is C72H73BBrN4O8. The number of carbonyl (C=O) groups is 4.